The average Bonchev–Trinajstić information content (AvgIpc) is 2.79. The fraction of sp³-hybridized carbons (Fsp3) is 0.458. The van der Waals surface area contributed by atoms with Crippen molar-refractivity contribution in [2.75, 3.05) is 30.9 Å². The van der Waals surface area contributed by atoms with Crippen LogP contribution in [0.1, 0.15) is 48.5 Å². The fourth-order valence-electron chi connectivity index (χ4n) is 3.81. The van der Waals surface area contributed by atoms with Crippen LogP contribution in [-0.2, 0) is 16.2 Å². The van der Waals surface area contributed by atoms with Crippen LogP contribution >= 0.6 is 0 Å². The van der Waals surface area contributed by atoms with Gasteiger partial charge in [-0.1, -0.05) is 13.0 Å². The van der Waals surface area contributed by atoms with Crippen LogP contribution in [0.25, 0.3) is 0 Å². The topological polar surface area (TPSA) is 78.5 Å². The maximum absolute atomic E-state index is 12.9. The molecule has 0 aliphatic carbocycles. The first-order chi connectivity index (χ1) is 16.0. The Morgan fingerprint density at radius 3 is 2.38 bits per heavy atom. The normalized spacial score (nSPS) is 15.8. The summed E-state index contributed by atoms with van der Waals surface area (Å²) in [6.45, 7) is 6.09. The molecule has 1 fully saturated rings. The summed E-state index contributed by atoms with van der Waals surface area (Å²) in [5.41, 5.74) is -0.844. The van der Waals surface area contributed by atoms with Gasteiger partial charge in [0.1, 0.15) is 0 Å². The summed E-state index contributed by atoms with van der Waals surface area (Å²) in [4.78, 5) is 14.6. The van der Waals surface area contributed by atoms with Crippen molar-refractivity contribution in [2.24, 2.45) is 5.92 Å². The van der Waals surface area contributed by atoms with E-state index in [0.29, 0.717) is 12.1 Å². The van der Waals surface area contributed by atoms with Gasteiger partial charge < -0.3 is 10.2 Å². The van der Waals surface area contributed by atoms with Crippen molar-refractivity contribution in [3.05, 3.63) is 59.7 Å². The van der Waals surface area contributed by atoms with Gasteiger partial charge in [0, 0.05) is 17.8 Å². The second-order valence-corrected chi connectivity index (χ2v) is 10.4. The number of carbonyl (C=O) groups is 1. The summed E-state index contributed by atoms with van der Waals surface area (Å²) in [5.74, 6) is 0.495. The van der Waals surface area contributed by atoms with E-state index in [4.69, 9.17) is 0 Å². The van der Waals surface area contributed by atoms with Gasteiger partial charge >= 0.3 is 6.18 Å². The Bertz CT molecular complexity index is 1060. The van der Waals surface area contributed by atoms with Crippen molar-refractivity contribution in [1.29, 1.82) is 0 Å². The molecule has 1 aliphatic heterocycles. The maximum Gasteiger partial charge on any atom is 0.416 e. The van der Waals surface area contributed by atoms with E-state index in [1.54, 1.807) is 0 Å². The van der Waals surface area contributed by atoms with Crippen LogP contribution in [0, 0.1) is 5.92 Å². The molecular formula is C24H30F3N3O3S. The van der Waals surface area contributed by atoms with Crippen molar-refractivity contribution in [2.45, 2.75) is 43.7 Å². The van der Waals surface area contributed by atoms with E-state index in [-0.39, 0.29) is 16.5 Å². The number of piperidine rings is 1. The van der Waals surface area contributed by atoms with Gasteiger partial charge in [0.25, 0.3) is 15.9 Å². The van der Waals surface area contributed by atoms with Crippen molar-refractivity contribution >= 4 is 21.6 Å². The molecular weight excluding hydrogens is 467 g/mol. The molecule has 34 heavy (non-hydrogen) atoms. The molecule has 2 N–H and O–H groups in total. The lowest BCUT2D eigenvalue weighted by molar-refractivity contribution is -0.137. The van der Waals surface area contributed by atoms with Crippen LogP contribution < -0.4 is 10.0 Å². The summed E-state index contributed by atoms with van der Waals surface area (Å²) in [6, 6.07) is 9.21. The van der Waals surface area contributed by atoms with E-state index < -0.39 is 21.8 Å². The highest BCUT2D eigenvalue weighted by molar-refractivity contribution is 7.92. The molecule has 0 unspecified atom stereocenters. The van der Waals surface area contributed by atoms with Gasteiger partial charge in [-0.15, -0.1) is 0 Å². The third kappa shape index (κ3) is 7.46. The molecule has 1 aliphatic rings. The summed E-state index contributed by atoms with van der Waals surface area (Å²) < 4.78 is 65.8. The lowest BCUT2D eigenvalue weighted by Crippen LogP contribution is -2.34. The number of anilines is 1. The summed E-state index contributed by atoms with van der Waals surface area (Å²) in [7, 11) is -4.11. The molecule has 0 radical (unpaired) electrons. The molecule has 0 spiro atoms. The number of amides is 1. The quantitative estimate of drug-likeness (QED) is 0.490. The molecule has 10 heteroatoms. The van der Waals surface area contributed by atoms with Crippen molar-refractivity contribution < 1.29 is 26.4 Å². The van der Waals surface area contributed by atoms with E-state index in [2.05, 4.69) is 21.9 Å². The SMILES string of the molecule is CC1CCN(CCCCNC(=O)c2ccc(S(=O)(=O)Nc3cccc(C(F)(F)F)c3)cc2)CC1. The van der Waals surface area contributed by atoms with Gasteiger partial charge in [-0.05, 0) is 93.7 Å². The number of rotatable bonds is 9. The first-order valence-corrected chi connectivity index (χ1v) is 12.8. The number of benzene rings is 2. The summed E-state index contributed by atoms with van der Waals surface area (Å²) in [6.07, 6.45) is -0.267. The van der Waals surface area contributed by atoms with Crippen molar-refractivity contribution in [1.82, 2.24) is 10.2 Å². The standard InChI is InChI=1S/C24H30F3N3O3S/c1-18-11-15-30(16-12-18)14-3-2-13-28-23(31)19-7-9-22(10-8-19)34(32,33)29-21-6-4-5-20(17-21)24(25,26)27/h4-10,17-18,29H,2-3,11-16H2,1H3,(H,28,31). The monoisotopic (exact) mass is 497 g/mol. The zero-order valence-electron chi connectivity index (χ0n) is 19.1. The number of hydrogen-bond donors (Lipinski definition) is 2. The van der Waals surface area contributed by atoms with Crippen molar-refractivity contribution in [3.63, 3.8) is 0 Å². The zero-order valence-corrected chi connectivity index (χ0v) is 19.9. The number of nitrogens with zero attached hydrogens (tertiary/aromatic N) is 1. The predicted octanol–water partition coefficient (Wildman–Crippen LogP) is 4.75. The van der Waals surface area contributed by atoms with Crippen LogP contribution in [0.2, 0.25) is 0 Å². The Morgan fingerprint density at radius 1 is 1.06 bits per heavy atom. The second-order valence-electron chi connectivity index (χ2n) is 8.70. The first-order valence-electron chi connectivity index (χ1n) is 11.4. The lowest BCUT2D eigenvalue weighted by atomic mass is 9.99. The highest BCUT2D eigenvalue weighted by atomic mass is 32.2. The van der Waals surface area contributed by atoms with E-state index in [0.717, 1.165) is 56.6 Å². The predicted molar refractivity (Wildman–Crippen MR) is 125 cm³/mol. The number of unbranched alkanes of at least 4 members (excludes halogenated alkanes) is 1. The second kappa shape index (κ2) is 11.2. The van der Waals surface area contributed by atoms with E-state index >= 15 is 0 Å². The Morgan fingerprint density at radius 2 is 1.74 bits per heavy atom. The molecule has 2 aromatic carbocycles. The van der Waals surface area contributed by atoms with E-state index in [1.165, 1.54) is 43.2 Å². The number of carbonyl (C=O) groups excluding carboxylic acids is 1. The summed E-state index contributed by atoms with van der Waals surface area (Å²) >= 11 is 0. The Kier molecular flexibility index (Phi) is 8.59. The molecule has 0 aromatic heterocycles. The minimum atomic E-state index is -4.58. The maximum atomic E-state index is 12.9. The molecule has 2 aromatic rings. The molecule has 186 valence electrons. The Hall–Kier alpha value is -2.59. The number of alkyl halides is 3. The molecule has 1 amide bonds. The number of likely N-dealkylation sites (tertiary alicyclic amines) is 1. The van der Waals surface area contributed by atoms with Crippen LogP contribution in [0.5, 0.6) is 0 Å². The highest BCUT2D eigenvalue weighted by Gasteiger charge is 2.30. The van der Waals surface area contributed by atoms with Crippen LogP contribution in [-0.4, -0.2) is 45.4 Å². The van der Waals surface area contributed by atoms with Gasteiger partial charge in [-0.2, -0.15) is 13.2 Å². The first kappa shape index (κ1) is 26.0. The van der Waals surface area contributed by atoms with Crippen LogP contribution in [0.4, 0.5) is 18.9 Å². The molecule has 0 bridgehead atoms. The fourth-order valence-corrected chi connectivity index (χ4v) is 4.86. The summed E-state index contributed by atoms with van der Waals surface area (Å²) in [5, 5.41) is 2.83. The molecule has 3 rings (SSSR count). The Labute approximate surface area is 198 Å². The van der Waals surface area contributed by atoms with Crippen LogP contribution in [0.3, 0.4) is 0 Å². The molecule has 6 nitrogen and oxygen atoms in total. The van der Waals surface area contributed by atoms with Gasteiger partial charge in [0.05, 0.1) is 10.5 Å². The van der Waals surface area contributed by atoms with E-state index in [1.807, 2.05) is 0 Å². The van der Waals surface area contributed by atoms with Gasteiger partial charge in [0.15, 0.2) is 0 Å². The molecule has 0 saturated carbocycles. The van der Waals surface area contributed by atoms with Gasteiger partial charge in [-0.3, -0.25) is 9.52 Å². The minimum Gasteiger partial charge on any atom is -0.352 e. The number of halogens is 3. The van der Waals surface area contributed by atoms with Gasteiger partial charge in [0.2, 0.25) is 0 Å². The van der Waals surface area contributed by atoms with Crippen LogP contribution in [0.15, 0.2) is 53.4 Å². The third-order valence-corrected chi connectivity index (χ3v) is 7.33. The smallest absolute Gasteiger partial charge is 0.352 e. The largest absolute Gasteiger partial charge is 0.416 e. The number of sulfonamides is 1. The molecule has 1 heterocycles. The van der Waals surface area contributed by atoms with Crippen molar-refractivity contribution in [3.8, 4) is 0 Å². The average molecular weight is 498 g/mol. The molecule has 0 atom stereocenters. The molecule has 1 saturated heterocycles. The zero-order chi connectivity index (χ0) is 24.8. The number of hydrogen-bond acceptors (Lipinski definition) is 4. The third-order valence-electron chi connectivity index (χ3n) is 5.93. The number of nitrogens with one attached hydrogen (secondary N) is 2. The Balaban J connectivity index is 1.48. The lowest BCUT2D eigenvalue weighted by Gasteiger charge is -2.30. The minimum absolute atomic E-state index is 0.155. The van der Waals surface area contributed by atoms with Gasteiger partial charge in [-0.25, -0.2) is 8.42 Å². The van der Waals surface area contributed by atoms with E-state index in [9.17, 15) is 26.4 Å². The highest BCUT2D eigenvalue weighted by Crippen LogP contribution is 2.31.